The summed E-state index contributed by atoms with van der Waals surface area (Å²) in [5.41, 5.74) is 10.3. The van der Waals surface area contributed by atoms with E-state index in [0.29, 0.717) is 58.3 Å². The van der Waals surface area contributed by atoms with Gasteiger partial charge in [-0.05, 0) is 30.4 Å². The van der Waals surface area contributed by atoms with E-state index in [0.717, 1.165) is 24.0 Å². The van der Waals surface area contributed by atoms with Crippen molar-refractivity contribution in [1.29, 1.82) is 0 Å². The summed E-state index contributed by atoms with van der Waals surface area (Å²) in [6.45, 7) is 4.42. The minimum absolute atomic E-state index is 0.0661. The largest absolute Gasteiger partial charge is 0.351 e. The standard InChI is InChI=1S/C38H61N5O3/c1-2-3-4-5-6-7-8-9-10-11-18-25-36(44)43(28-19-26-41-37(45)34(39)30-32-21-14-12-15-22-32)29-20-27-42-38(46)35(40)31-33-23-16-13-17-24-33/h12-17,21-24,34-35H,2-11,18-20,25-31,39-40H2,1H3,(H,41,45)(H,42,46)/p+2/t34-,35-/m0/s1. The summed E-state index contributed by atoms with van der Waals surface area (Å²) in [7, 11) is 0. The third kappa shape index (κ3) is 18.1. The number of amides is 3. The average Bonchev–Trinajstić information content (AvgIpc) is 3.06. The highest BCUT2D eigenvalue weighted by Crippen LogP contribution is 2.13. The smallest absolute Gasteiger partial charge is 0.278 e. The van der Waals surface area contributed by atoms with Crippen molar-refractivity contribution < 1.29 is 25.9 Å². The van der Waals surface area contributed by atoms with Gasteiger partial charge in [-0.1, -0.05) is 132 Å². The van der Waals surface area contributed by atoms with Crippen LogP contribution in [0.2, 0.25) is 0 Å². The Bertz CT molecular complexity index is 1010. The highest BCUT2D eigenvalue weighted by atomic mass is 16.2. The maximum absolute atomic E-state index is 13.2. The Labute approximate surface area is 278 Å². The van der Waals surface area contributed by atoms with Crippen LogP contribution in [0.5, 0.6) is 0 Å². The molecule has 0 saturated heterocycles. The van der Waals surface area contributed by atoms with Crippen LogP contribution in [0, 0.1) is 0 Å². The lowest BCUT2D eigenvalue weighted by atomic mass is 10.1. The number of nitrogens with zero attached hydrogens (tertiary/aromatic N) is 1. The van der Waals surface area contributed by atoms with Crippen molar-refractivity contribution in [3.8, 4) is 0 Å². The minimum Gasteiger partial charge on any atom is -0.351 e. The van der Waals surface area contributed by atoms with E-state index >= 15 is 0 Å². The molecule has 3 amide bonds. The molecule has 0 unspecified atom stereocenters. The first-order chi connectivity index (χ1) is 22.4. The zero-order valence-electron chi connectivity index (χ0n) is 28.7. The Kier molecular flexibility index (Phi) is 21.1. The number of carbonyl (C=O) groups is 3. The molecule has 0 saturated carbocycles. The molecule has 0 fully saturated rings. The third-order valence-electron chi connectivity index (χ3n) is 8.55. The molecule has 0 spiro atoms. The monoisotopic (exact) mass is 637 g/mol. The quantitative estimate of drug-likeness (QED) is 0.115. The third-order valence-corrected chi connectivity index (χ3v) is 8.55. The molecule has 0 aliphatic rings. The molecule has 8 heteroatoms. The van der Waals surface area contributed by atoms with E-state index in [1.807, 2.05) is 65.6 Å². The molecule has 0 radical (unpaired) electrons. The van der Waals surface area contributed by atoms with Crippen LogP contribution in [0.4, 0.5) is 0 Å². The van der Waals surface area contributed by atoms with Crippen molar-refractivity contribution in [3.05, 3.63) is 71.8 Å². The van der Waals surface area contributed by atoms with E-state index < -0.39 is 0 Å². The molecule has 0 aromatic heterocycles. The van der Waals surface area contributed by atoms with Crippen LogP contribution in [-0.2, 0) is 27.2 Å². The van der Waals surface area contributed by atoms with Crippen molar-refractivity contribution >= 4 is 17.7 Å². The predicted octanol–water partition coefficient (Wildman–Crippen LogP) is 4.24. The summed E-state index contributed by atoms with van der Waals surface area (Å²) in [5.74, 6) is 0.0269. The Balaban J connectivity index is 1.72. The fraction of sp³-hybridized carbons (Fsp3) is 0.605. The number of hydrogen-bond donors (Lipinski definition) is 4. The second-order valence-electron chi connectivity index (χ2n) is 12.7. The maximum atomic E-state index is 13.2. The van der Waals surface area contributed by atoms with Crippen LogP contribution in [-0.4, -0.2) is 60.9 Å². The van der Waals surface area contributed by atoms with Crippen LogP contribution in [0.1, 0.15) is 108 Å². The van der Waals surface area contributed by atoms with E-state index in [2.05, 4.69) is 29.0 Å². The molecule has 0 aliphatic carbocycles. The molecule has 0 aliphatic heterocycles. The van der Waals surface area contributed by atoms with Gasteiger partial charge in [0.25, 0.3) is 11.8 Å². The number of quaternary nitrogens is 2. The van der Waals surface area contributed by atoms with Gasteiger partial charge >= 0.3 is 0 Å². The van der Waals surface area contributed by atoms with Gasteiger partial charge in [0, 0.05) is 45.4 Å². The van der Waals surface area contributed by atoms with Gasteiger partial charge in [-0.2, -0.15) is 0 Å². The van der Waals surface area contributed by atoms with Gasteiger partial charge in [0.05, 0.1) is 0 Å². The van der Waals surface area contributed by atoms with Crippen molar-refractivity contribution in [2.45, 2.75) is 122 Å². The van der Waals surface area contributed by atoms with E-state index in [4.69, 9.17) is 0 Å². The van der Waals surface area contributed by atoms with Crippen molar-refractivity contribution in [2.24, 2.45) is 0 Å². The van der Waals surface area contributed by atoms with Crippen molar-refractivity contribution in [2.75, 3.05) is 26.2 Å². The first-order valence-corrected chi connectivity index (χ1v) is 18.0. The molecule has 0 bridgehead atoms. The van der Waals surface area contributed by atoms with Gasteiger partial charge in [0.1, 0.15) is 0 Å². The van der Waals surface area contributed by atoms with Crippen molar-refractivity contribution in [3.63, 3.8) is 0 Å². The zero-order chi connectivity index (χ0) is 33.2. The Hall–Kier alpha value is -3.23. The normalized spacial score (nSPS) is 12.3. The molecule has 0 heterocycles. The summed E-state index contributed by atoms with van der Waals surface area (Å²) >= 11 is 0. The van der Waals surface area contributed by atoms with Crippen LogP contribution in [0.3, 0.4) is 0 Å². The number of carbonyl (C=O) groups excluding carboxylic acids is 3. The van der Waals surface area contributed by atoms with Gasteiger partial charge in [-0.3, -0.25) is 14.4 Å². The second kappa shape index (κ2) is 24.9. The summed E-state index contributed by atoms with van der Waals surface area (Å²) in [6.07, 6.45) is 16.9. The maximum Gasteiger partial charge on any atom is 0.278 e. The first kappa shape index (κ1) is 39.0. The fourth-order valence-electron chi connectivity index (χ4n) is 5.69. The first-order valence-electron chi connectivity index (χ1n) is 18.0. The molecular weight excluding hydrogens is 574 g/mol. The predicted molar refractivity (Wildman–Crippen MR) is 187 cm³/mol. The van der Waals surface area contributed by atoms with Gasteiger partial charge in [-0.15, -0.1) is 0 Å². The second-order valence-corrected chi connectivity index (χ2v) is 12.7. The van der Waals surface area contributed by atoms with E-state index in [1.54, 1.807) is 0 Å². The SMILES string of the molecule is CCCCCCCCCCCCCC(=O)N(CCCNC(=O)[C@@H]([NH3+])Cc1ccccc1)CCCNC(=O)[C@@H]([NH3+])Cc1ccccc1. The van der Waals surface area contributed by atoms with E-state index in [9.17, 15) is 14.4 Å². The lowest BCUT2D eigenvalue weighted by Gasteiger charge is -2.23. The van der Waals surface area contributed by atoms with Gasteiger partial charge < -0.3 is 27.0 Å². The van der Waals surface area contributed by atoms with Gasteiger partial charge in [-0.25, -0.2) is 0 Å². The molecule has 2 aromatic rings. The van der Waals surface area contributed by atoms with Gasteiger partial charge in [0.2, 0.25) is 5.91 Å². The number of nitrogens with one attached hydrogen (secondary N) is 2. The number of hydrogen-bond acceptors (Lipinski definition) is 3. The molecule has 2 rings (SSSR count). The van der Waals surface area contributed by atoms with Crippen molar-refractivity contribution in [1.82, 2.24) is 15.5 Å². The molecular formula is C38H63N5O3+2. The Morgan fingerprint density at radius 3 is 1.39 bits per heavy atom. The lowest BCUT2D eigenvalue weighted by Crippen LogP contribution is -2.68. The molecule has 8 N–H and O–H groups in total. The summed E-state index contributed by atoms with van der Waals surface area (Å²) in [4.78, 5) is 40.3. The van der Waals surface area contributed by atoms with Crippen LogP contribution < -0.4 is 22.1 Å². The summed E-state index contributed by atoms with van der Waals surface area (Å²) in [6, 6.07) is 19.1. The molecule has 8 nitrogen and oxygen atoms in total. The topological polar surface area (TPSA) is 134 Å². The molecule has 46 heavy (non-hydrogen) atoms. The van der Waals surface area contributed by atoms with Crippen LogP contribution in [0.25, 0.3) is 0 Å². The lowest BCUT2D eigenvalue weighted by molar-refractivity contribution is -0.403. The van der Waals surface area contributed by atoms with Crippen LogP contribution >= 0.6 is 0 Å². The van der Waals surface area contributed by atoms with E-state index in [1.165, 1.54) is 57.8 Å². The number of unbranched alkanes of at least 4 members (excludes halogenated alkanes) is 10. The van der Waals surface area contributed by atoms with E-state index in [-0.39, 0.29) is 29.8 Å². The highest BCUT2D eigenvalue weighted by Gasteiger charge is 2.19. The Morgan fingerprint density at radius 1 is 0.587 bits per heavy atom. The summed E-state index contributed by atoms with van der Waals surface area (Å²) in [5, 5.41) is 6.00. The highest BCUT2D eigenvalue weighted by molar-refractivity contribution is 5.81. The molecule has 2 atom stereocenters. The Morgan fingerprint density at radius 2 is 0.978 bits per heavy atom. The van der Waals surface area contributed by atoms with Gasteiger partial charge in [0.15, 0.2) is 12.1 Å². The fourth-order valence-corrected chi connectivity index (χ4v) is 5.69. The molecule has 256 valence electrons. The molecule has 2 aromatic carbocycles. The number of rotatable bonds is 26. The minimum atomic E-state index is -0.358. The average molecular weight is 638 g/mol. The number of benzene rings is 2. The van der Waals surface area contributed by atoms with Crippen LogP contribution in [0.15, 0.2) is 60.7 Å². The summed E-state index contributed by atoms with van der Waals surface area (Å²) < 4.78 is 0. The zero-order valence-corrected chi connectivity index (χ0v) is 28.7.